The molecule has 0 bridgehead atoms. The number of carbonyl (C=O) groups excluding carboxylic acids is 2. The van der Waals surface area contributed by atoms with Crippen LogP contribution >= 0.6 is 0 Å². The third kappa shape index (κ3) is 10.1. The molecule has 0 aliphatic carbocycles. The van der Waals surface area contributed by atoms with Gasteiger partial charge in [0.15, 0.2) is 5.57 Å². The molecule has 7 nitrogen and oxygen atoms in total. The van der Waals surface area contributed by atoms with E-state index in [-0.39, 0.29) is 22.9 Å². The van der Waals surface area contributed by atoms with Gasteiger partial charge in [-0.3, -0.25) is 0 Å². The van der Waals surface area contributed by atoms with E-state index in [0.717, 1.165) is 50.7 Å². The number of anilines is 1. The lowest BCUT2D eigenvalue weighted by atomic mass is 9.86. The number of unbranched alkanes of at least 4 members (excludes halogenated alkanes) is 4. The number of esters is 2. The Balaban J connectivity index is 1.91. The van der Waals surface area contributed by atoms with E-state index in [1.807, 2.05) is 24.3 Å². The first kappa shape index (κ1) is 33.0. The van der Waals surface area contributed by atoms with Crippen LogP contribution in [0.5, 0.6) is 5.75 Å². The lowest BCUT2D eigenvalue weighted by Crippen LogP contribution is -2.45. The molecular weight excluding hydrogens is 528 g/mol. The quantitative estimate of drug-likeness (QED) is 0.0965. The lowest BCUT2D eigenvalue weighted by molar-refractivity contribution is -0.222. The van der Waals surface area contributed by atoms with Gasteiger partial charge in [-0.15, -0.1) is 0 Å². The summed E-state index contributed by atoms with van der Waals surface area (Å²) >= 11 is 0. The second kappa shape index (κ2) is 15.1. The van der Waals surface area contributed by atoms with Crippen LogP contribution in [0.25, 0.3) is 0 Å². The van der Waals surface area contributed by atoms with Gasteiger partial charge in [0.1, 0.15) is 11.6 Å². The van der Waals surface area contributed by atoms with E-state index >= 15 is 0 Å². The zero-order valence-electron chi connectivity index (χ0n) is 26.6. The predicted octanol–water partition coefficient (Wildman–Crippen LogP) is 7.79. The zero-order valence-corrected chi connectivity index (χ0v) is 26.6. The number of hydrogen-bond acceptors (Lipinski definition) is 7. The minimum atomic E-state index is -1.32. The number of ether oxygens (including phenoxy) is 3. The molecule has 1 aliphatic heterocycles. The van der Waals surface area contributed by atoms with Crippen LogP contribution < -0.4 is 15.4 Å². The highest BCUT2D eigenvalue weighted by atomic mass is 16.7. The van der Waals surface area contributed by atoms with Crippen LogP contribution in [-0.4, -0.2) is 30.4 Å². The van der Waals surface area contributed by atoms with Gasteiger partial charge in [-0.2, -0.15) is 0 Å². The highest BCUT2D eigenvalue weighted by Gasteiger charge is 2.41. The largest absolute Gasteiger partial charge is 0.494 e. The lowest BCUT2D eigenvalue weighted by Gasteiger charge is -2.32. The summed E-state index contributed by atoms with van der Waals surface area (Å²) in [6, 6.07) is 16.2. The SMILES string of the molecule is CCCCCCC(Cc1ccc(C(C)(C)C)cc1)NC(Nc1ccc(OCCCC)cc1)=C1C(=O)OC(C)(C)OC1=O. The molecule has 1 atom stereocenters. The summed E-state index contributed by atoms with van der Waals surface area (Å²) in [7, 11) is 0. The number of carbonyl (C=O) groups is 2. The molecule has 2 aromatic rings. The fourth-order valence-electron chi connectivity index (χ4n) is 4.81. The average molecular weight is 579 g/mol. The Kier molecular flexibility index (Phi) is 11.9. The highest BCUT2D eigenvalue weighted by Crippen LogP contribution is 2.27. The minimum absolute atomic E-state index is 0.0375. The summed E-state index contributed by atoms with van der Waals surface area (Å²) in [5.41, 5.74) is 3.07. The molecule has 7 heteroatoms. The van der Waals surface area contributed by atoms with Gasteiger partial charge >= 0.3 is 11.9 Å². The minimum Gasteiger partial charge on any atom is -0.494 e. The maximum absolute atomic E-state index is 13.1. The van der Waals surface area contributed by atoms with E-state index < -0.39 is 17.7 Å². The van der Waals surface area contributed by atoms with Crippen molar-refractivity contribution in [2.24, 2.45) is 0 Å². The molecule has 0 amide bonds. The molecule has 0 aromatic heterocycles. The Bertz CT molecular complexity index is 1170. The van der Waals surface area contributed by atoms with E-state index in [4.69, 9.17) is 14.2 Å². The van der Waals surface area contributed by atoms with E-state index in [1.165, 1.54) is 17.5 Å². The first-order valence-corrected chi connectivity index (χ1v) is 15.5. The van der Waals surface area contributed by atoms with Crippen LogP contribution in [0.4, 0.5) is 5.69 Å². The Morgan fingerprint density at radius 1 is 0.857 bits per heavy atom. The predicted molar refractivity (Wildman–Crippen MR) is 168 cm³/mol. The van der Waals surface area contributed by atoms with Crippen LogP contribution in [0.1, 0.15) is 105 Å². The maximum Gasteiger partial charge on any atom is 0.352 e. The molecule has 1 heterocycles. The summed E-state index contributed by atoms with van der Waals surface area (Å²) in [6.07, 6.45) is 8.11. The van der Waals surface area contributed by atoms with Crippen molar-refractivity contribution in [3.05, 3.63) is 71.1 Å². The third-order valence-electron chi connectivity index (χ3n) is 7.28. The fraction of sp³-hybridized carbons (Fsp3) is 0.543. The van der Waals surface area contributed by atoms with Crippen LogP contribution in [-0.2, 0) is 30.9 Å². The summed E-state index contributed by atoms with van der Waals surface area (Å²) < 4.78 is 16.7. The van der Waals surface area contributed by atoms with Crippen molar-refractivity contribution in [1.82, 2.24) is 5.32 Å². The van der Waals surface area contributed by atoms with E-state index in [1.54, 1.807) is 13.8 Å². The van der Waals surface area contributed by atoms with Crippen LogP contribution in [0, 0.1) is 0 Å². The molecule has 0 spiro atoms. The van der Waals surface area contributed by atoms with Gasteiger partial charge in [-0.25, -0.2) is 9.59 Å². The van der Waals surface area contributed by atoms with Crippen molar-refractivity contribution in [3.8, 4) is 5.75 Å². The number of hydrogen-bond donors (Lipinski definition) is 2. The second-order valence-electron chi connectivity index (χ2n) is 12.6. The number of rotatable bonds is 15. The molecule has 42 heavy (non-hydrogen) atoms. The third-order valence-corrected chi connectivity index (χ3v) is 7.28. The molecule has 1 aliphatic rings. The van der Waals surface area contributed by atoms with Gasteiger partial charge in [0, 0.05) is 25.6 Å². The smallest absolute Gasteiger partial charge is 0.352 e. The zero-order chi connectivity index (χ0) is 30.8. The highest BCUT2D eigenvalue weighted by molar-refractivity contribution is 6.16. The molecule has 1 saturated heterocycles. The summed E-state index contributed by atoms with van der Waals surface area (Å²) in [6.45, 7) is 14.7. The molecule has 2 aromatic carbocycles. The number of cyclic esters (lactones) is 2. The van der Waals surface area contributed by atoms with Crippen molar-refractivity contribution in [2.45, 2.75) is 117 Å². The van der Waals surface area contributed by atoms with Crippen LogP contribution in [0.3, 0.4) is 0 Å². The van der Waals surface area contributed by atoms with Gasteiger partial charge < -0.3 is 24.8 Å². The summed E-state index contributed by atoms with van der Waals surface area (Å²) in [4.78, 5) is 26.3. The van der Waals surface area contributed by atoms with E-state index in [2.05, 4.69) is 69.5 Å². The molecule has 2 N–H and O–H groups in total. The Morgan fingerprint density at radius 2 is 1.48 bits per heavy atom. The second-order valence-corrected chi connectivity index (χ2v) is 12.6. The van der Waals surface area contributed by atoms with Crippen molar-refractivity contribution < 1.29 is 23.8 Å². The molecule has 3 rings (SSSR count). The first-order chi connectivity index (χ1) is 19.9. The Hall–Kier alpha value is -3.48. The first-order valence-electron chi connectivity index (χ1n) is 15.5. The molecular formula is C35H50N2O5. The number of nitrogens with one attached hydrogen (secondary N) is 2. The normalized spacial score (nSPS) is 15.5. The van der Waals surface area contributed by atoms with Crippen molar-refractivity contribution in [2.75, 3.05) is 11.9 Å². The van der Waals surface area contributed by atoms with Gasteiger partial charge in [-0.05, 0) is 60.1 Å². The van der Waals surface area contributed by atoms with E-state index in [9.17, 15) is 9.59 Å². The molecule has 0 radical (unpaired) electrons. The Labute approximate surface area is 252 Å². The van der Waals surface area contributed by atoms with Crippen molar-refractivity contribution >= 4 is 17.6 Å². The standard InChI is InChI=1S/C35H50N2O5/c1-8-10-12-13-14-28(24-25-15-17-26(18-16-25)34(3,4)5)37-31(30-32(38)41-35(6,7)42-33(30)39)36-27-19-21-29(22-20-27)40-23-11-9-2/h15-22,28,36-37H,8-14,23-24H2,1-7H3. The van der Waals surface area contributed by atoms with E-state index in [0.29, 0.717) is 12.3 Å². The van der Waals surface area contributed by atoms with Crippen molar-refractivity contribution in [1.29, 1.82) is 0 Å². The topological polar surface area (TPSA) is 85.9 Å². The Morgan fingerprint density at radius 3 is 2.05 bits per heavy atom. The maximum atomic E-state index is 13.1. The monoisotopic (exact) mass is 578 g/mol. The molecule has 230 valence electrons. The van der Waals surface area contributed by atoms with Gasteiger partial charge in [0.2, 0.25) is 0 Å². The van der Waals surface area contributed by atoms with Gasteiger partial charge in [-0.1, -0.05) is 91.0 Å². The molecule has 1 unspecified atom stereocenters. The van der Waals surface area contributed by atoms with Crippen LogP contribution in [0.15, 0.2) is 59.9 Å². The summed E-state index contributed by atoms with van der Waals surface area (Å²) in [5, 5.41) is 6.81. The summed E-state index contributed by atoms with van der Waals surface area (Å²) in [5.74, 6) is -1.71. The van der Waals surface area contributed by atoms with Crippen LogP contribution in [0.2, 0.25) is 0 Å². The van der Waals surface area contributed by atoms with Crippen molar-refractivity contribution in [3.63, 3.8) is 0 Å². The molecule has 0 saturated carbocycles. The number of benzene rings is 2. The average Bonchev–Trinajstić information content (AvgIpc) is 2.91. The fourth-order valence-corrected chi connectivity index (χ4v) is 4.81. The molecule has 1 fully saturated rings. The van der Waals surface area contributed by atoms with Gasteiger partial charge in [0.25, 0.3) is 5.79 Å². The van der Waals surface area contributed by atoms with Gasteiger partial charge in [0.05, 0.1) is 6.61 Å².